The molecule has 1 N–H and O–H groups in total. The van der Waals surface area contributed by atoms with Crippen molar-refractivity contribution in [3.8, 4) is 0 Å². The molecule has 2 aromatic heterocycles. The lowest BCUT2D eigenvalue weighted by molar-refractivity contribution is -0.122. The molecule has 2 heterocycles. The van der Waals surface area contributed by atoms with Gasteiger partial charge in [0.25, 0.3) is 5.56 Å². The predicted octanol–water partition coefficient (Wildman–Crippen LogP) is 0.613. The molecule has 1 amide bonds. The number of carbonyl (C=O) groups is 1. The molecule has 2 rings (SSSR count). The number of likely N-dealkylation sites (N-methyl/N-ethyl adjacent to an activating group) is 1. The molecule has 0 aliphatic rings. The van der Waals surface area contributed by atoms with Crippen LogP contribution < -0.4 is 10.9 Å². The summed E-state index contributed by atoms with van der Waals surface area (Å²) in [5.41, 5.74) is 0.264. The fourth-order valence-corrected chi connectivity index (χ4v) is 3.09. The van der Waals surface area contributed by atoms with E-state index in [1.54, 1.807) is 11.7 Å². The molecule has 2 aromatic rings. The topological polar surface area (TPSA) is 85.1 Å². The fourth-order valence-electron chi connectivity index (χ4n) is 3.09. The largest absolute Gasteiger partial charge is 0.353 e. The second-order valence-corrected chi connectivity index (χ2v) is 6.52. The van der Waals surface area contributed by atoms with Crippen LogP contribution in [-0.4, -0.2) is 55.8 Å². The lowest BCUT2D eigenvalue weighted by Crippen LogP contribution is -2.47. The first-order valence-corrected chi connectivity index (χ1v) is 8.76. The second-order valence-electron chi connectivity index (χ2n) is 6.52. The smallest absolute Gasteiger partial charge is 0.264 e. The van der Waals surface area contributed by atoms with Crippen molar-refractivity contribution in [2.24, 2.45) is 13.0 Å². The summed E-state index contributed by atoms with van der Waals surface area (Å²) in [6.45, 7) is 11.0. The van der Waals surface area contributed by atoms with Gasteiger partial charge in [0.1, 0.15) is 18.3 Å². The SMILES string of the molecule is CCN(CC)[C@@H](CNC(=O)Cn1cnc2c(cnn2C)c1=O)C(C)C. The van der Waals surface area contributed by atoms with Gasteiger partial charge in [0.2, 0.25) is 5.91 Å². The van der Waals surface area contributed by atoms with E-state index in [4.69, 9.17) is 0 Å². The van der Waals surface area contributed by atoms with E-state index < -0.39 is 0 Å². The number of nitrogens with zero attached hydrogens (tertiary/aromatic N) is 5. The number of hydrogen-bond donors (Lipinski definition) is 1. The summed E-state index contributed by atoms with van der Waals surface area (Å²) in [6.07, 6.45) is 2.88. The zero-order chi connectivity index (χ0) is 18.6. The molecule has 0 saturated carbocycles. The minimum atomic E-state index is -0.252. The molecular formula is C17H28N6O2. The van der Waals surface area contributed by atoms with Crippen LogP contribution in [0.15, 0.2) is 17.3 Å². The molecule has 25 heavy (non-hydrogen) atoms. The van der Waals surface area contributed by atoms with Crippen molar-refractivity contribution >= 4 is 16.9 Å². The Morgan fingerprint density at radius 1 is 1.32 bits per heavy atom. The molecule has 0 spiro atoms. The van der Waals surface area contributed by atoms with Gasteiger partial charge in [0, 0.05) is 19.6 Å². The molecule has 0 unspecified atom stereocenters. The first-order chi connectivity index (χ1) is 11.9. The molecule has 0 fully saturated rings. The summed E-state index contributed by atoms with van der Waals surface area (Å²) in [5, 5.41) is 7.40. The molecule has 8 heteroatoms. The van der Waals surface area contributed by atoms with E-state index in [0.717, 1.165) is 13.1 Å². The summed E-state index contributed by atoms with van der Waals surface area (Å²) >= 11 is 0. The maximum atomic E-state index is 12.4. The highest BCUT2D eigenvalue weighted by atomic mass is 16.2. The third-order valence-electron chi connectivity index (χ3n) is 4.59. The number of amides is 1. The van der Waals surface area contributed by atoms with Crippen molar-refractivity contribution in [3.05, 3.63) is 22.9 Å². The predicted molar refractivity (Wildman–Crippen MR) is 97.3 cm³/mol. The van der Waals surface area contributed by atoms with Gasteiger partial charge in [-0.15, -0.1) is 0 Å². The third kappa shape index (κ3) is 4.25. The van der Waals surface area contributed by atoms with E-state index in [-0.39, 0.29) is 24.1 Å². The average Bonchev–Trinajstić information content (AvgIpc) is 2.95. The third-order valence-corrected chi connectivity index (χ3v) is 4.59. The Morgan fingerprint density at radius 3 is 2.60 bits per heavy atom. The Kier molecular flexibility index (Phi) is 6.30. The Bertz CT molecular complexity index is 775. The van der Waals surface area contributed by atoms with Crippen molar-refractivity contribution < 1.29 is 4.79 Å². The van der Waals surface area contributed by atoms with Crippen molar-refractivity contribution in [2.75, 3.05) is 19.6 Å². The number of hydrogen-bond acceptors (Lipinski definition) is 5. The van der Waals surface area contributed by atoms with Crippen LogP contribution >= 0.6 is 0 Å². The van der Waals surface area contributed by atoms with E-state index in [1.165, 1.54) is 17.1 Å². The average molecular weight is 348 g/mol. The lowest BCUT2D eigenvalue weighted by Gasteiger charge is -2.32. The van der Waals surface area contributed by atoms with Crippen molar-refractivity contribution in [1.29, 1.82) is 0 Å². The minimum absolute atomic E-state index is 0.0419. The summed E-state index contributed by atoms with van der Waals surface area (Å²) in [5.74, 6) is 0.237. The number of nitrogens with one attached hydrogen (secondary N) is 1. The molecule has 0 aliphatic heterocycles. The van der Waals surface area contributed by atoms with Crippen molar-refractivity contribution in [2.45, 2.75) is 40.3 Å². The van der Waals surface area contributed by atoms with E-state index >= 15 is 0 Å². The Balaban J connectivity index is 2.05. The van der Waals surface area contributed by atoms with Crippen molar-refractivity contribution in [3.63, 3.8) is 0 Å². The summed E-state index contributed by atoms with van der Waals surface area (Å²) in [4.78, 5) is 31.2. The Labute approximate surface area is 147 Å². The highest BCUT2D eigenvalue weighted by Crippen LogP contribution is 2.09. The van der Waals surface area contributed by atoms with Gasteiger partial charge >= 0.3 is 0 Å². The molecular weight excluding hydrogens is 320 g/mol. The van der Waals surface area contributed by atoms with Gasteiger partial charge in [0.15, 0.2) is 5.65 Å². The Hall–Kier alpha value is -2.22. The maximum Gasteiger partial charge on any atom is 0.264 e. The van der Waals surface area contributed by atoms with E-state index in [0.29, 0.717) is 23.5 Å². The number of carbonyl (C=O) groups excluding carboxylic acids is 1. The van der Waals surface area contributed by atoms with Gasteiger partial charge in [-0.3, -0.25) is 23.7 Å². The van der Waals surface area contributed by atoms with Gasteiger partial charge < -0.3 is 5.32 Å². The van der Waals surface area contributed by atoms with Crippen LogP contribution in [0.25, 0.3) is 11.0 Å². The van der Waals surface area contributed by atoms with Crippen LogP contribution in [-0.2, 0) is 18.4 Å². The number of aryl methyl sites for hydroxylation is 1. The standard InChI is InChI=1S/C17H28N6O2/c1-6-22(7-2)14(12(3)4)9-18-15(24)10-23-11-19-16-13(17(23)25)8-20-21(16)5/h8,11-12,14H,6-7,9-10H2,1-5H3,(H,18,24)/t14-/m0/s1. The summed E-state index contributed by atoms with van der Waals surface area (Å²) in [7, 11) is 1.73. The lowest BCUT2D eigenvalue weighted by atomic mass is 10.0. The van der Waals surface area contributed by atoms with Crippen LogP contribution in [0.1, 0.15) is 27.7 Å². The van der Waals surface area contributed by atoms with Crippen LogP contribution in [0.5, 0.6) is 0 Å². The first kappa shape index (κ1) is 19.1. The van der Waals surface area contributed by atoms with Crippen molar-refractivity contribution in [1.82, 2.24) is 29.5 Å². The molecule has 0 radical (unpaired) electrons. The maximum absolute atomic E-state index is 12.4. The van der Waals surface area contributed by atoms with E-state index in [9.17, 15) is 9.59 Å². The monoisotopic (exact) mass is 348 g/mol. The molecule has 0 saturated heterocycles. The number of aromatic nitrogens is 4. The molecule has 0 aliphatic carbocycles. The summed E-state index contributed by atoms with van der Waals surface area (Å²) in [6, 6.07) is 0.273. The molecule has 0 bridgehead atoms. The summed E-state index contributed by atoms with van der Waals surface area (Å²) < 4.78 is 2.86. The second kappa shape index (κ2) is 8.24. The molecule has 0 aromatic carbocycles. The van der Waals surface area contributed by atoms with Gasteiger partial charge in [0.05, 0.1) is 6.20 Å². The zero-order valence-electron chi connectivity index (χ0n) is 15.7. The van der Waals surface area contributed by atoms with E-state index in [1.807, 2.05) is 0 Å². The van der Waals surface area contributed by atoms with Crippen LogP contribution in [0.3, 0.4) is 0 Å². The highest BCUT2D eigenvalue weighted by Gasteiger charge is 2.20. The Morgan fingerprint density at radius 2 is 2.00 bits per heavy atom. The van der Waals surface area contributed by atoms with Crippen LogP contribution in [0.4, 0.5) is 0 Å². The van der Waals surface area contributed by atoms with Crippen LogP contribution in [0.2, 0.25) is 0 Å². The van der Waals surface area contributed by atoms with E-state index in [2.05, 4.69) is 48.0 Å². The minimum Gasteiger partial charge on any atom is -0.353 e. The normalized spacial score (nSPS) is 12.9. The molecule has 138 valence electrons. The van der Waals surface area contributed by atoms with Gasteiger partial charge in [-0.05, 0) is 19.0 Å². The van der Waals surface area contributed by atoms with Crippen LogP contribution in [0, 0.1) is 5.92 Å². The fraction of sp³-hybridized carbons (Fsp3) is 0.647. The van der Waals surface area contributed by atoms with Gasteiger partial charge in [-0.1, -0.05) is 27.7 Å². The quantitative estimate of drug-likeness (QED) is 0.756. The van der Waals surface area contributed by atoms with Gasteiger partial charge in [-0.25, -0.2) is 4.98 Å². The first-order valence-electron chi connectivity index (χ1n) is 8.76. The zero-order valence-corrected chi connectivity index (χ0v) is 15.7. The number of rotatable bonds is 8. The van der Waals surface area contributed by atoms with Gasteiger partial charge in [-0.2, -0.15) is 5.10 Å². The number of fused-ring (bicyclic) bond motifs is 1. The highest BCUT2D eigenvalue weighted by molar-refractivity contribution is 5.77. The molecule has 1 atom stereocenters. The molecule has 8 nitrogen and oxygen atoms in total.